The van der Waals surface area contributed by atoms with Crippen molar-refractivity contribution in [1.82, 2.24) is 10.2 Å². The predicted molar refractivity (Wildman–Crippen MR) is 82.5 cm³/mol. The van der Waals surface area contributed by atoms with Gasteiger partial charge in [-0.2, -0.15) is 5.26 Å². The minimum absolute atomic E-state index is 0.168. The van der Waals surface area contributed by atoms with Crippen molar-refractivity contribution in [2.75, 3.05) is 13.1 Å². The highest BCUT2D eigenvalue weighted by molar-refractivity contribution is 5.81. The molecule has 0 aromatic heterocycles. The van der Waals surface area contributed by atoms with Gasteiger partial charge in [0, 0.05) is 19.6 Å². The number of amides is 1. The Kier molecular flexibility index (Phi) is 5.77. The van der Waals surface area contributed by atoms with Crippen LogP contribution >= 0.6 is 0 Å². The molecule has 0 spiro atoms. The quantitative estimate of drug-likeness (QED) is 0.924. The minimum atomic E-state index is -0.168. The van der Waals surface area contributed by atoms with Crippen LogP contribution in [-0.2, 0) is 11.3 Å². The van der Waals surface area contributed by atoms with Crippen LogP contribution < -0.4 is 5.32 Å². The van der Waals surface area contributed by atoms with Crippen molar-refractivity contribution in [3.8, 4) is 6.07 Å². The van der Waals surface area contributed by atoms with Gasteiger partial charge in [-0.1, -0.05) is 25.0 Å². The zero-order valence-electron chi connectivity index (χ0n) is 12.6. The summed E-state index contributed by atoms with van der Waals surface area (Å²) in [5.41, 5.74) is 1.75. The molecule has 1 aliphatic rings. The Bertz CT molecular complexity index is 496. The third-order valence-corrected chi connectivity index (χ3v) is 3.98. The number of rotatable bonds is 4. The van der Waals surface area contributed by atoms with Gasteiger partial charge in [0.25, 0.3) is 0 Å². The molecule has 4 heteroatoms. The third-order valence-electron chi connectivity index (χ3n) is 3.98. The van der Waals surface area contributed by atoms with E-state index in [2.05, 4.69) is 11.4 Å². The van der Waals surface area contributed by atoms with Crippen molar-refractivity contribution in [3.05, 3.63) is 35.4 Å². The monoisotopic (exact) mass is 285 g/mol. The van der Waals surface area contributed by atoms with E-state index in [9.17, 15) is 4.79 Å². The van der Waals surface area contributed by atoms with Gasteiger partial charge in [0.05, 0.1) is 17.7 Å². The third kappa shape index (κ3) is 4.57. The fourth-order valence-corrected chi connectivity index (χ4v) is 2.62. The van der Waals surface area contributed by atoms with Crippen LogP contribution in [0.25, 0.3) is 0 Å². The van der Waals surface area contributed by atoms with E-state index in [4.69, 9.17) is 5.26 Å². The lowest BCUT2D eigenvalue weighted by Gasteiger charge is -2.24. The smallest absolute Gasteiger partial charge is 0.239 e. The van der Waals surface area contributed by atoms with Gasteiger partial charge in [-0.25, -0.2) is 0 Å². The number of benzene rings is 1. The van der Waals surface area contributed by atoms with E-state index in [0.717, 1.165) is 31.5 Å². The summed E-state index contributed by atoms with van der Waals surface area (Å²) >= 11 is 0. The molecule has 1 fully saturated rings. The van der Waals surface area contributed by atoms with Crippen LogP contribution in [0.15, 0.2) is 24.3 Å². The van der Waals surface area contributed by atoms with E-state index in [-0.39, 0.29) is 11.9 Å². The Morgan fingerprint density at radius 2 is 1.86 bits per heavy atom. The number of likely N-dealkylation sites (tertiary alicyclic amines) is 1. The molecule has 1 heterocycles. The van der Waals surface area contributed by atoms with Gasteiger partial charge in [0.15, 0.2) is 0 Å². The van der Waals surface area contributed by atoms with Gasteiger partial charge in [0.2, 0.25) is 5.91 Å². The predicted octanol–water partition coefficient (Wildman–Crippen LogP) is 2.44. The van der Waals surface area contributed by atoms with Crippen LogP contribution in [0.3, 0.4) is 0 Å². The van der Waals surface area contributed by atoms with Crippen LogP contribution in [0, 0.1) is 11.3 Å². The summed E-state index contributed by atoms with van der Waals surface area (Å²) in [7, 11) is 0. The molecular weight excluding hydrogens is 262 g/mol. The highest BCUT2D eigenvalue weighted by atomic mass is 16.2. The number of nitrogens with one attached hydrogen (secondary N) is 1. The number of carbonyl (C=O) groups is 1. The van der Waals surface area contributed by atoms with Crippen molar-refractivity contribution >= 4 is 5.91 Å². The molecule has 1 amide bonds. The van der Waals surface area contributed by atoms with Crippen molar-refractivity contribution in [2.45, 2.75) is 45.2 Å². The molecule has 1 atom stereocenters. The summed E-state index contributed by atoms with van der Waals surface area (Å²) in [6.07, 6.45) is 4.70. The van der Waals surface area contributed by atoms with E-state index in [1.807, 2.05) is 24.0 Å². The maximum atomic E-state index is 12.4. The number of nitriles is 1. The van der Waals surface area contributed by atoms with Gasteiger partial charge in [-0.05, 0) is 37.5 Å². The summed E-state index contributed by atoms with van der Waals surface area (Å²) in [5, 5.41) is 12.1. The second-order valence-corrected chi connectivity index (χ2v) is 5.65. The number of nitrogens with zero attached hydrogens (tertiary/aromatic N) is 2. The molecule has 2 rings (SSSR count). The second kappa shape index (κ2) is 7.80. The first kappa shape index (κ1) is 15.5. The van der Waals surface area contributed by atoms with E-state index in [1.54, 1.807) is 12.1 Å². The molecule has 0 saturated carbocycles. The average molecular weight is 285 g/mol. The van der Waals surface area contributed by atoms with Crippen molar-refractivity contribution in [1.29, 1.82) is 5.26 Å². The van der Waals surface area contributed by atoms with Crippen molar-refractivity contribution < 1.29 is 4.79 Å². The molecule has 1 aromatic rings. The van der Waals surface area contributed by atoms with Crippen LogP contribution in [0.1, 0.15) is 43.7 Å². The fourth-order valence-electron chi connectivity index (χ4n) is 2.62. The maximum Gasteiger partial charge on any atom is 0.239 e. The van der Waals surface area contributed by atoms with E-state index < -0.39 is 0 Å². The number of hydrogen-bond donors (Lipinski definition) is 1. The van der Waals surface area contributed by atoms with Crippen LogP contribution in [0.2, 0.25) is 0 Å². The summed E-state index contributed by atoms with van der Waals surface area (Å²) in [5.74, 6) is 0.200. The molecule has 4 nitrogen and oxygen atoms in total. The second-order valence-electron chi connectivity index (χ2n) is 5.65. The summed E-state index contributed by atoms with van der Waals surface area (Å²) in [6, 6.07) is 9.40. The van der Waals surface area contributed by atoms with E-state index in [0.29, 0.717) is 12.1 Å². The molecule has 1 aliphatic heterocycles. The lowest BCUT2D eigenvalue weighted by molar-refractivity contribution is -0.133. The van der Waals surface area contributed by atoms with Gasteiger partial charge in [-0.15, -0.1) is 0 Å². The highest BCUT2D eigenvalue weighted by Crippen LogP contribution is 2.11. The summed E-state index contributed by atoms with van der Waals surface area (Å²) < 4.78 is 0. The molecule has 1 aromatic carbocycles. The van der Waals surface area contributed by atoms with Gasteiger partial charge < -0.3 is 10.2 Å². The first-order valence-corrected chi connectivity index (χ1v) is 7.72. The lowest BCUT2D eigenvalue weighted by Crippen LogP contribution is -2.45. The minimum Gasteiger partial charge on any atom is -0.341 e. The van der Waals surface area contributed by atoms with Gasteiger partial charge >= 0.3 is 0 Å². The summed E-state index contributed by atoms with van der Waals surface area (Å²) in [6.45, 7) is 4.35. The Morgan fingerprint density at radius 1 is 1.24 bits per heavy atom. The zero-order valence-corrected chi connectivity index (χ0v) is 12.6. The molecule has 0 radical (unpaired) electrons. The summed E-state index contributed by atoms with van der Waals surface area (Å²) in [4.78, 5) is 14.4. The normalized spacial score (nSPS) is 16.9. The Morgan fingerprint density at radius 3 is 2.43 bits per heavy atom. The maximum absolute atomic E-state index is 12.4. The largest absolute Gasteiger partial charge is 0.341 e. The number of hydrogen-bond acceptors (Lipinski definition) is 3. The lowest BCUT2D eigenvalue weighted by atomic mass is 10.1. The highest BCUT2D eigenvalue weighted by Gasteiger charge is 2.20. The Balaban J connectivity index is 1.83. The molecule has 0 bridgehead atoms. The molecule has 0 aliphatic carbocycles. The van der Waals surface area contributed by atoms with Crippen molar-refractivity contribution in [3.63, 3.8) is 0 Å². The Labute approximate surface area is 126 Å². The van der Waals surface area contributed by atoms with Crippen LogP contribution in [0.4, 0.5) is 0 Å². The molecule has 21 heavy (non-hydrogen) atoms. The first-order valence-electron chi connectivity index (χ1n) is 7.72. The molecule has 112 valence electrons. The van der Waals surface area contributed by atoms with Gasteiger partial charge in [-0.3, -0.25) is 4.79 Å². The van der Waals surface area contributed by atoms with E-state index in [1.165, 1.54) is 12.8 Å². The Hall–Kier alpha value is -1.86. The standard InChI is InChI=1S/C17H23N3O/c1-14(17(21)20-10-4-2-3-5-11-20)19-13-16-8-6-15(12-18)7-9-16/h6-9,14,19H,2-5,10-11,13H2,1H3. The molecule has 1 N–H and O–H groups in total. The SMILES string of the molecule is CC(NCc1ccc(C#N)cc1)C(=O)N1CCCCCC1. The topological polar surface area (TPSA) is 56.1 Å². The molecule has 1 unspecified atom stereocenters. The molecular formula is C17H23N3O. The van der Waals surface area contributed by atoms with Crippen molar-refractivity contribution in [2.24, 2.45) is 0 Å². The average Bonchev–Trinajstić information content (AvgIpc) is 2.81. The van der Waals surface area contributed by atoms with E-state index >= 15 is 0 Å². The zero-order chi connectivity index (χ0) is 15.1. The van der Waals surface area contributed by atoms with Crippen LogP contribution in [0.5, 0.6) is 0 Å². The van der Waals surface area contributed by atoms with Gasteiger partial charge in [0.1, 0.15) is 0 Å². The first-order chi connectivity index (χ1) is 10.2. The molecule has 1 saturated heterocycles. The van der Waals surface area contributed by atoms with Crippen LogP contribution in [-0.4, -0.2) is 29.9 Å². The number of carbonyl (C=O) groups excluding carboxylic acids is 1. The fraction of sp³-hybridized carbons (Fsp3) is 0.529.